The van der Waals surface area contributed by atoms with Crippen molar-refractivity contribution in [2.45, 2.75) is 6.42 Å². The fourth-order valence-corrected chi connectivity index (χ4v) is 2.06. The van der Waals surface area contributed by atoms with Gasteiger partial charge >= 0.3 is 0 Å². The summed E-state index contributed by atoms with van der Waals surface area (Å²) in [6, 6.07) is 4.60. The summed E-state index contributed by atoms with van der Waals surface area (Å²) in [4.78, 5) is 11.9. The number of halogens is 5. The SMILES string of the molecule is COc1ccc(CC(=O)NNc2c(F)c(F)c(F)c(F)c2F)c(OC)c1. The van der Waals surface area contributed by atoms with Gasteiger partial charge in [0, 0.05) is 11.6 Å². The molecule has 0 fully saturated rings. The molecule has 0 bridgehead atoms. The number of hydrogen-bond donors (Lipinski definition) is 2. The maximum absolute atomic E-state index is 13.5. The summed E-state index contributed by atoms with van der Waals surface area (Å²) < 4.78 is 76.3. The molecule has 0 aliphatic carbocycles. The van der Waals surface area contributed by atoms with E-state index >= 15 is 0 Å². The molecule has 0 saturated heterocycles. The van der Waals surface area contributed by atoms with Crippen LogP contribution in [-0.2, 0) is 11.2 Å². The molecule has 0 aromatic heterocycles. The van der Waals surface area contributed by atoms with E-state index in [9.17, 15) is 26.7 Å². The summed E-state index contributed by atoms with van der Waals surface area (Å²) in [5.74, 6) is -10.7. The summed E-state index contributed by atoms with van der Waals surface area (Å²) in [6.45, 7) is 0. The quantitative estimate of drug-likeness (QED) is 0.352. The Morgan fingerprint density at radius 1 is 0.923 bits per heavy atom. The summed E-state index contributed by atoms with van der Waals surface area (Å²) in [7, 11) is 2.80. The molecule has 0 heterocycles. The van der Waals surface area contributed by atoms with Gasteiger partial charge in [-0.2, -0.15) is 0 Å². The average Bonchev–Trinajstić information content (AvgIpc) is 2.65. The van der Waals surface area contributed by atoms with Crippen LogP contribution >= 0.6 is 0 Å². The van der Waals surface area contributed by atoms with Crippen molar-refractivity contribution in [1.29, 1.82) is 0 Å². The largest absolute Gasteiger partial charge is 0.497 e. The van der Waals surface area contributed by atoms with E-state index in [2.05, 4.69) is 0 Å². The number of anilines is 1. The molecule has 10 heteroatoms. The highest BCUT2D eigenvalue weighted by atomic mass is 19.2. The zero-order chi connectivity index (χ0) is 19.4. The number of hydrazine groups is 1. The number of ether oxygens (including phenoxy) is 2. The molecular formula is C16H13F5N2O3. The monoisotopic (exact) mass is 376 g/mol. The van der Waals surface area contributed by atoms with Gasteiger partial charge in [-0.1, -0.05) is 6.07 Å². The smallest absolute Gasteiger partial charge is 0.242 e. The van der Waals surface area contributed by atoms with Crippen LogP contribution in [0.5, 0.6) is 11.5 Å². The second kappa shape index (κ2) is 7.89. The maximum Gasteiger partial charge on any atom is 0.242 e. The van der Waals surface area contributed by atoms with Crippen LogP contribution in [0.15, 0.2) is 18.2 Å². The predicted molar refractivity (Wildman–Crippen MR) is 81.2 cm³/mol. The van der Waals surface area contributed by atoms with Crippen LogP contribution in [-0.4, -0.2) is 20.1 Å². The molecule has 0 saturated carbocycles. The molecular weight excluding hydrogens is 363 g/mol. The highest BCUT2D eigenvalue weighted by Crippen LogP contribution is 2.27. The molecule has 2 rings (SSSR count). The highest BCUT2D eigenvalue weighted by Gasteiger charge is 2.26. The lowest BCUT2D eigenvalue weighted by Crippen LogP contribution is -2.32. The number of benzene rings is 2. The lowest BCUT2D eigenvalue weighted by molar-refractivity contribution is -0.120. The molecule has 1 amide bonds. The summed E-state index contributed by atoms with van der Waals surface area (Å²) in [5.41, 5.74) is 2.62. The Labute approximate surface area is 144 Å². The van der Waals surface area contributed by atoms with Crippen molar-refractivity contribution in [1.82, 2.24) is 5.43 Å². The number of carbonyl (C=O) groups is 1. The van der Waals surface area contributed by atoms with E-state index in [1.807, 2.05) is 5.43 Å². The molecule has 26 heavy (non-hydrogen) atoms. The number of hydrogen-bond acceptors (Lipinski definition) is 4. The van der Waals surface area contributed by atoms with Gasteiger partial charge in [0.1, 0.15) is 17.2 Å². The van der Waals surface area contributed by atoms with Gasteiger partial charge in [0.05, 0.1) is 20.6 Å². The first-order valence-electron chi connectivity index (χ1n) is 7.07. The molecule has 140 valence electrons. The minimum Gasteiger partial charge on any atom is -0.497 e. The molecule has 2 aromatic carbocycles. The molecule has 0 radical (unpaired) electrons. The van der Waals surface area contributed by atoms with E-state index in [0.717, 1.165) is 0 Å². The topological polar surface area (TPSA) is 59.6 Å². The summed E-state index contributed by atoms with van der Waals surface area (Å²) in [5, 5.41) is 0. The van der Waals surface area contributed by atoms with Crippen molar-refractivity contribution in [2.24, 2.45) is 0 Å². The van der Waals surface area contributed by atoms with Gasteiger partial charge in [-0.15, -0.1) is 0 Å². The van der Waals surface area contributed by atoms with Crippen LogP contribution in [0.3, 0.4) is 0 Å². The molecule has 0 spiro atoms. The molecule has 0 aliphatic heterocycles. The second-order valence-electron chi connectivity index (χ2n) is 4.97. The van der Waals surface area contributed by atoms with Gasteiger partial charge in [0.15, 0.2) is 23.3 Å². The van der Waals surface area contributed by atoms with E-state index in [4.69, 9.17) is 9.47 Å². The first kappa shape index (κ1) is 19.3. The molecule has 2 N–H and O–H groups in total. The lowest BCUT2D eigenvalue weighted by atomic mass is 10.1. The fourth-order valence-electron chi connectivity index (χ4n) is 2.06. The van der Waals surface area contributed by atoms with Crippen molar-refractivity contribution >= 4 is 11.6 Å². The van der Waals surface area contributed by atoms with Crippen molar-refractivity contribution < 1.29 is 36.2 Å². The van der Waals surface area contributed by atoms with Crippen LogP contribution in [0.1, 0.15) is 5.56 Å². The van der Waals surface area contributed by atoms with E-state index in [0.29, 0.717) is 17.1 Å². The third kappa shape index (κ3) is 3.79. The third-order valence-corrected chi connectivity index (χ3v) is 3.38. The van der Waals surface area contributed by atoms with Crippen LogP contribution in [0.4, 0.5) is 27.6 Å². The average molecular weight is 376 g/mol. The van der Waals surface area contributed by atoms with Gasteiger partial charge in [-0.05, 0) is 6.07 Å². The Balaban J connectivity index is 2.13. The van der Waals surface area contributed by atoms with E-state index in [1.165, 1.54) is 26.4 Å². The molecule has 0 atom stereocenters. The van der Waals surface area contributed by atoms with Crippen LogP contribution in [0, 0.1) is 29.1 Å². The van der Waals surface area contributed by atoms with E-state index in [-0.39, 0.29) is 6.42 Å². The van der Waals surface area contributed by atoms with Crippen molar-refractivity contribution in [2.75, 3.05) is 19.6 Å². The minimum absolute atomic E-state index is 0.296. The van der Waals surface area contributed by atoms with Gasteiger partial charge in [-0.3, -0.25) is 15.6 Å². The number of amides is 1. The maximum atomic E-state index is 13.5. The number of carbonyl (C=O) groups excluding carboxylic acids is 1. The molecule has 0 unspecified atom stereocenters. The van der Waals surface area contributed by atoms with Crippen molar-refractivity contribution in [3.05, 3.63) is 52.8 Å². The Kier molecular flexibility index (Phi) is 5.86. The van der Waals surface area contributed by atoms with Crippen molar-refractivity contribution in [3.63, 3.8) is 0 Å². The molecule has 0 aliphatic rings. The normalized spacial score (nSPS) is 10.4. The first-order chi connectivity index (χ1) is 12.3. The highest BCUT2D eigenvalue weighted by molar-refractivity contribution is 5.80. The van der Waals surface area contributed by atoms with Gasteiger partial charge in [-0.25, -0.2) is 22.0 Å². The lowest BCUT2D eigenvalue weighted by Gasteiger charge is -2.13. The Morgan fingerprint density at radius 3 is 2.04 bits per heavy atom. The first-order valence-corrected chi connectivity index (χ1v) is 7.07. The van der Waals surface area contributed by atoms with Crippen LogP contribution in [0.25, 0.3) is 0 Å². The Bertz CT molecular complexity index is 816. The van der Waals surface area contributed by atoms with Crippen LogP contribution in [0.2, 0.25) is 0 Å². The standard InChI is InChI=1S/C16H13F5N2O3/c1-25-8-4-3-7(9(6-8)26-2)5-10(24)22-23-16-14(20)12(18)11(17)13(19)15(16)21/h3-4,6,23H,5H2,1-2H3,(H,22,24). The Hall–Kier alpha value is -3.04. The number of methoxy groups -OCH3 is 2. The second-order valence-corrected chi connectivity index (χ2v) is 4.97. The Morgan fingerprint density at radius 2 is 1.50 bits per heavy atom. The number of nitrogens with one attached hydrogen (secondary N) is 2. The van der Waals surface area contributed by atoms with Crippen LogP contribution < -0.4 is 20.3 Å². The van der Waals surface area contributed by atoms with E-state index < -0.39 is 40.7 Å². The van der Waals surface area contributed by atoms with Gasteiger partial charge in [0.25, 0.3) is 0 Å². The van der Waals surface area contributed by atoms with E-state index in [1.54, 1.807) is 11.5 Å². The number of rotatable bonds is 6. The van der Waals surface area contributed by atoms with Crippen molar-refractivity contribution in [3.8, 4) is 11.5 Å². The fraction of sp³-hybridized carbons (Fsp3) is 0.188. The zero-order valence-corrected chi connectivity index (χ0v) is 13.6. The molecule has 2 aromatic rings. The van der Waals surface area contributed by atoms with Gasteiger partial charge in [0.2, 0.25) is 11.7 Å². The summed E-state index contributed by atoms with van der Waals surface area (Å²) in [6.07, 6.45) is -0.296. The third-order valence-electron chi connectivity index (χ3n) is 3.38. The summed E-state index contributed by atoms with van der Waals surface area (Å²) >= 11 is 0. The minimum atomic E-state index is -2.29. The molecule has 5 nitrogen and oxygen atoms in total. The predicted octanol–water partition coefficient (Wildman–Crippen LogP) is 3.09. The zero-order valence-electron chi connectivity index (χ0n) is 13.6. The van der Waals surface area contributed by atoms with Gasteiger partial charge < -0.3 is 9.47 Å².